The summed E-state index contributed by atoms with van der Waals surface area (Å²) in [6.45, 7) is 5.60. The van der Waals surface area contributed by atoms with Gasteiger partial charge >= 0.3 is 0 Å². The molecule has 1 aromatic carbocycles. The second kappa shape index (κ2) is 7.38. The number of hydrogen-bond acceptors (Lipinski definition) is 5. The van der Waals surface area contributed by atoms with Crippen LogP contribution in [-0.2, 0) is 0 Å². The fraction of sp³-hybridized carbons (Fsp3) is 0.375. The van der Waals surface area contributed by atoms with E-state index in [1.807, 2.05) is 38.1 Å². The van der Waals surface area contributed by atoms with Crippen molar-refractivity contribution < 1.29 is 14.6 Å². The Morgan fingerprint density at radius 1 is 1.32 bits per heavy atom. The predicted molar refractivity (Wildman–Crippen MR) is 87.3 cm³/mol. The molecule has 0 saturated heterocycles. The molecule has 1 heterocycles. The molecule has 1 atom stereocenters. The van der Waals surface area contributed by atoms with Crippen LogP contribution >= 0.6 is 11.3 Å². The Kier molecular flexibility index (Phi) is 5.51. The maximum atomic E-state index is 11.9. The lowest BCUT2D eigenvalue weighted by Crippen LogP contribution is -2.35. The first-order chi connectivity index (χ1) is 10.5. The van der Waals surface area contributed by atoms with E-state index in [0.29, 0.717) is 5.69 Å². The summed E-state index contributed by atoms with van der Waals surface area (Å²) in [5.74, 6) is 0.536. The van der Waals surface area contributed by atoms with E-state index in [1.165, 1.54) is 11.3 Å². The van der Waals surface area contributed by atoms with E-state index in [9.17, 15) is 4.79 Å². The van der Waals surface area contributed by atoms with Gasteiger partial charge in [0, 0.05) is 17.0 Å². The number of amides is 1. The molecule has 118 valence electrons. The fourth-order valence-corrected chi connectivity index (χ4v) is 2.61. The Labute approximate surface area is 134 Å². The Morgan fingerprint density at radius 3 is 2.59 bits per heavy atom. The quantitative estimate of drug-likeness (QED) is 0.858. The van der Waals surface area contributed by atoms with Crippen LogP contribution in [0.2, 0.25) is 0 Å². The number of nitrogens with one attached hydrogen (secondary N) is 1. The largest absolute Gasteiger partial charge is 0.491 e. The average Bonchev–Trinajstić information content (AvgIpc) is 2.97. The van der Waals surface area contributed by atoms with Gasteiger partial charge in [-0.05, 0) is 45.0 Å². The monoisotopic (exact) mass is 320 g/mol. The van der Waals surface area contributed by atoms with Crippen LogP contribution in [0.3, 0.4) is 0 Å². The highest BCUT2D eigenvalue weighted by atomic mass is 32.1. The maximum absolute atomic E-state index is 11.9. The average molecular weight is 320 g/mol. The van der Waals surface area contributed by atoms with Gasteiger partial charge in [0.25, 0.3) is 5.91 Å². The zero-order valence-electron chi connectivity index (χ0n) is 12.9. The zero-order valence-corrected chi connectivity index (χ0v) is 13.7. The summed E-state index contributed by atoms with van der Waals surface area (Å²) in [7, 11) is 0. The number of carbonyl (C=O) groups excluding carboxylic acids is 1. The van der Waals surface area contributed by atoms with Crippen LogP contribution in [-0.4, -0.2) is 34.8 Å². The number of nitrogens with zero attached hydrogens (tertiary/aromatic N) is 1. The first-order valence-electron chi connectivity index (χ1n) is 7.14. The van der Waals surface area contributed by atoms with E-state index in [0.717, 1.165) is 16.3 Å². The van der Waals surface area contributed by atoms with E-state index >= 15 is 0 Å². The van der Waals surface area contributed by atoms with E-state index in [1.54, 1.807) is 12.3 Å². The molecule has 1 amide bonds. The fourth-order valence-electron chi connectivity index (χ4n) is 1.80. The molecule has 0 radical (unpaired) electrons. The highest BCUT2D eigenvalue weighted by Gasteiger charge is 2.13. The second-order valence-electron chi connectivity index (χ2n) is 5.29. The Balaban J connectivity index is 2.09. The van der Waals surface area contributed by atoms with Crippen molar-refractivity contribution in [2.45, 2.75) is 32.9 Å². The van der Waals surface area contributed by atoms with Crippen molar-refractivity contribution in [2.75, 3.05) is 6.61 Å². The predicted octanol–water partition coefficient (Wildman–Crippen LogP) is 2.71. The van der Waals surface area contributed by atoms with Crippen LogP contribution in [0.1, 0.15) is 31.3 Å². The van der Waals surface area contributed by atoms with Gasteiger partial charge in [-0.3, -0.25) is 4.79 Å². The molecule has 0 aliphatic carbocycles. The van der Waals surface area contributed by atoms with Crippen molar-refractivity contribution >= 4 is 17.2 Å². The molecule has 1 aromatic heterocycles. The van der Waals surface area contributed by atoms with Crippen LogP contribution in [0.25, 0.3) is 10.6 Å². The number of aliphatic hydroxyl groups excluding tert-OH is 1. The highest BCUT2D eigenvalue weighted by molar-refractivity contribution is 7.13. The van der Waals surface area contributed by atoms with Crippen LogP contribution in [0.5, 0.6) is 5.75 Å². The number of thiazole rings is 1. The number of rotatable bonds is 6. The molecular weight excluding hydrogens is 300 g/mol. The summed E-state index contributed by atoms with van der Waals surface area (Å²) < 4.78 is 5.60. The molecule has 2 N–H and O–H groups in total. The minimum absolute atomic E-state index is 0.0972. The molecule has 0 saturated carbocycles. The third-order valence-corrected chi connectivity index (χ3v) is 3.75. The summed E-state index contributed by atoms with van der Waals surface area (Å²) in [5, 5.41) is 14.1. The topological polar surface area (TPSA) is 71.5 Å². The molecule has 6 heteroatoms. The summed E-state index contributed by atoms with van der Waals surface area (Å²) in [4.78, 5) is 16.3. The summed E-state index contributed by atoms with van der Waals surface area (Å²) >= 11 is 1.41. The molecule has 0 spiro atoms. The number of ether oxygens (including phenoxy) is 1. The molecule has 2 aromatic rings. The molecule has 22 heavy (non-hydrogen) atoms. The van der Waals surface area contributed by atoms with Gasteiger partial charge in [-0.1, -0.05) is 0 Å². The van der Waals surface area contributed by atoms with E-state index < -0.39 is 0 Å². The Hall–Kier alpha value is -1.92. The maximum Gasteiger partial charge on any atom is 0.271 e. The third-order valence-electron chi connectivity index (χ3n) is 2.86. The van der Waals surface area contributed by atoms with Gasteiger partial charge in [-0.15, -0.1) is 11.3 Å². The van der Waals surface area contributed by atoms with Crippen LogP contribution < -0.4 is 10.1 Å². The van der Waals surface area contributed by atoms with Crippen LogP contribution in [0.15, 0.2) is 29.6 Å². The van der Waals surface area contributed by atoms with Gasteiger partial charge < -0.3 is 15.2 Å². The lowest BCUT2D eigenvalue weighted by atomic mass is 10.2. The number of aromatic nitrogens is 1. The minimum atomic E-state index is -0.287. The SMILES string of the molecule is CC(CO)NC(=O)c1csc(-c2ccc(OC(C)C)cc2)n1. The molecular formula is C16H20N2O3S. The third kappa shape index (κ3) is 4.29. The molecule has 0 fully saturated rings. The second-order valence-corrected chi connectivity index (χ2v) is 6.14. The van der Waals surface area contributed by atoms with Crippen LogP contribution in [0.4, 0.5) is 0 Å². The molecule has 5 nitrogen and oxygen atoms in total. The van der Waals surface area contributed by atoms with E-state index in [2.05, 4.69) is 10.3 Å². The number of benzene rings is 1. The smallest absolute Gasteiger partial charge is 0.271 e. The van der Waals surface area contributed by atoms with Crippen molar-refractivity contribution in [2.24, 2.45) is 0 Å². The van der Waals surface area contributed by atoms with Gasteiger partial charge in [-0.25, -0.2) is 4.98 Å². The van der Waals surface area contributed by atoms with Gasteiger partial charge in [0.05, 0.1) is 12.7 Å². The highest BCUT2D eigenvalue weighted by Crippen LogP contribution is 2.26. The van der Waals surface area contributed by atoms with Gasteiger partial charge in [0.15, 0.2) is 0 Å². The molecule has 0 aliphatic rings. The normalized spacial score (nSPS) is 12.2. The molecule has 1 unspecified atom stereocenters. The van der Waals surface area contributed by atoms with Gasteiger partial charge in [-0.2, -0.15) is 0 Å². The zero-order chi connectivity index (χ0) is 16.1. The number of carbonyl (C=O) groups is 1. The lowest BCUT2D eigenvalue weighted by molar-refractivity contribution is 0.0918. The van der Waals surface area contributed by atoms with Gasteiger partial charge in [0.1, 0.15) is 16.5 Å². The summed E-state index contributed by atoms with van der Waals surface area (Å²) in [6, 6.07) is 7.35. The van der Waals surface area contributed by atoms with Crippen LogP contribution in [0, 0.1) is 0 Å². The molecule has 0 aliphatic heterocycles. The van der Waals surface area contributed by atoms with Crippen molar-refractivity contribution in [1.29, 1.82) is 0 Å². The lowest BCUT2D eigenvalue weighted by Gasteiger charge is -2.09. The first-order valence-corrected chi connectivity index (χ1v) is 8.02. The minimum Gasteiger partial charge on any atom is -0.491 e. The van der Waals surface area contributed by atoms with E-state index in [-0.39, 0.29) is 24.7 Å². The number of hydrogen-bond donors (Lipinski definition) is 2. The molecule has 2 rings (SSSR count). The first kappa shape index (κ1) is 16.5. The number of aliphatic hydroxyl groups is 1. The van der Waals surface area contributed by atoms with Gasteiger partial charge in [0.2, 0.25) is 0 Å². The van der Waals surface area contributed by atoms with Crippen molar-refractivity contribution in [3.63, 3.8) is 0 Å². The van der Waals surface area contributed by atoms with Crippen molar-refractivity contribution in [3.8, 4) is 16.3 Å². The van der Waals surface area contributed by atoms with E-state index in [4.69, 9.17) is 9.84 Å². The summed E-state index contributed by atoms with van der Waals surface area (Å²) in [5.41, 5.74) is 1.30. The standard InChI is InChI=1S/C16H20N2O3S/c1-10(2)21-13-6-4-12(5-7-13)16-18-14(9-22-16)15(20)17-11(3)8-19/h4-7,9-11,19H,8H2,1-3H3,(H,17,20). The molecule has 0 bridgehead atoms. The summed E-state index contributed by atoms with van der Waals surface area (Å²) in [6.07, 6.45) is 0.134. The Bertz CT molecular complexity index is 623. The Morgan fingerprint density at radius 2 is 2.00 bits per heavy atom. The van der Waals surface area contributed by atoms with Crippen molar-refractivity contribution in [3.05, 3.63) is 35.3 Å². The van der Waals surface area contributed by atoms with Crippen molar-refractivity contribution in [1.82, 2.24) is 10.3 Å².